The van der Waals surface area contributed by atoms with Crippen molar-refractivity contribution in [3.8, 4) is 17.1 Å². The van der Waals surface area contributed by atoms with E-state index < -0.39 is 17.8 Å². The smallest absolute Gasteiger partial charge is 0.494 e. The lowest BCUT2D eigenvalue weighted by atomic mass is 9.86. The van der Waals surface area contributed by atoms with Crippen LogP contribution in [0.3, 0.4) is 0 Å². The minimum atomic E-state index is -1.36. The second kappa shape index (κ2) is 8.89. The molecule has 4 aromatic rings. The Balaban J connectivity index is 1.41. The molecule has 5 rings (SSSR count). The summed E-state index contributed by atoms with van der Waals surface area (Å²) in [6.45, 7) is 0.571. The standard InChI is InChI=1S/C23H23N7O5/c1-34-17-6-4-5-15-19(25-21(24)26-20(15)17)16-13-29(28-27-16)12-14-11-23(33,8-10-35-14)18-7-2-3-9-30(18)22(31)32/h2-7,9,13-14,33H,8,10-12H2,1H3,(H2-,24,25,26,31,32)/p+1. The Hall–Kier alpha value is -4.16. The average molecular weight is 478 g/mol. The van der Waals surface area contributed by atoms with Crippen molar-refractivity contribution in [1.82, 2.24) is 25.0 Å². The molecule has 0 saturated carbocycles. The molecule has 0 aliphatic carbocycles. The Kier molecular flexibility index (Phi) is 5.75. The van der Waals surface area contributed by atoms with Gasteiger partial charge in [-0.15, -0.1) is 5.10 Å². The molecule has 0 amide bonds. The van der Waals surface area contributed by atoms with Crippen LogP contribution < -0.4 is 15.0 Å². The van der Waals surface area contributed by atoms with Gasteiger partial charge in [0.1, 0.15) is 22.7 Å². The zero-order chi connectivity index (χ0) is 24.6. The number of methoxy groups -OCH3 is 1. The zero-order valence-electron chi connectivity index (χ0n) is 18.9. The molecule has 0 bridgehead atoms. The fourth-order valence-corrected chi connectivity index (χ4v) is 4.48. The molecular formula is C23H24N7O5+. The van der Waals surface area contributed by atoms with Gasteiger partial charge in [0.25, 0.3) is 0 Å². The highest BCUT2D eigenvalue weighted by Gasteiger charge is 2.44. The maximum absolute atomic E-state index is 11.6. The molecule has 4 N–H and O–H groups in total. The molecule has 0 radical (unpaired) electrons. The van der Waals surface area contributed by atoms with E-state index in [1.165, 1.54) is 6.20 Å². The lowest BCUT2D eigenvalue weighted by Crippen LogP contribution is -2.53. The third-order valence-corrected chi connectivity index (χ3v) is 6.08. The van der Waals surface area contributed by atoms with E-state index in [2.05, 4.69) is 20.3 Å². The first-order valence-electron chi connectivity index (χ1n) is 11.0. The van der Waals surface area contributed by atoms with E-state index in [1.54, 1.807) is 42.3 Å². The molecular weight excluding hydrogens is 454 g/mol. The van der Waals surface area contributed by atoms with Crippen molar-refractivity contribution >= 4 is 22.9 Å². The number of aliphatic hydroxyl groups is 1. The topological polar surface area (TPSA) is 162 Å². The predicted octanol–water partition coefficient (Wildman–Crippen LogP) is 1.36. The third-order valence-electron chi connectivity index (χ3n) is 6.08. The van der Waals surface area contributed by atoms with E-state index >= 15 is 0 Å². The number of benzene rings is 1. The molecule has 35 heavy (non-hydrogen) atoms. The number of carboxylic acid groups (broad SMARTS) is 1. The van der Waals surface area contributed by atoms with Gasteiger partial charge in [-0.3, -0.25) is 0 Å². The van der Waals surface area contributed by atoms with Crippen molar-refractivity contribution in [2.45, 2.75) is 31.1 Å². The van der Waals surface area contributed by atoms with Gasteiger partial charge >= 0.3 is 6.09 Å². The Labute approximate surface area is 199 Å². The van der Waals surface area contributed by atoms with Crippen LogP contribution >= 0.6 is 0 Å². The molecule has 2 unspecified atom stereocenters. The maximum atomic E-state index is 11.6. The first kappa shape index (κ1) is 22.6. The van der Waals surface area contributed by atoms with Crippen LogP contribution in [0.25, 0.3) is 22.3 Å². The number of nitrogen functional groups attached to an aromatic ring is 1. The minimum Gasteiger partial charge on any atom is -0.494 e. The highest BCUT2D eigenvalue weighted by atomic mass is 16.5. The fourth-order valence-electron chi connectivity index (χ4n) is 4.48. The summed E-state index contributed by atoms with van der Waals surface area (Å²) in [6, 6.07) is 10.4. The third kappa shape index (κ3) is 4.24. The Morgan fingerprint density at radius 1 is 1.31 bits per heavy atom. The van der Waals surface area contributed by atoms with Crippen LogP contribution in [0.1, 0.15) is 18.5 Å². The second-order valence-corrected chi connectivity index (χ2v) is 8.33. The van der Waals surface area contributed by atoms with E-state index in [9.17, 15) is 15.0 Å². The largest absolute Gasteiger partial charge is 0.599 e. The number of hydrogen-bond acceptors (Lipinski definition) is 9. The van der Waals surface area contributed by atoms with Crippen LogP contribution in [0.5, 0.6) is 5.75 Å². The summed E-state index contributed by atoms with van der Waals surface area (Å²) >= 11 is 0. The quantitative estimate of drug-likeness (QED) is 0.357. The Morgan fingerprint density at radius 2 is 2.17 bits per heavy atom. The number of carbonyl (C=O) groups is 1. The number of hydrogen-bond donors (Lipinski definition) is 3. The number of fused-ring (bicyclic) bond motifs is 1. The molecule has 180 valence electrons. The van der Waals surface area contributed by atoms with Crippen molar-refractivity contribution < 1.29 is 29.0 Å². The molecule has 1 aromatic carbocycles. The summed E-state index contributed by atoms with van der Waals surface area (Å²) in [4.78, 5) is 20.3. The van der Waals surface area contributed by atoms with E-state index in [1.807, 2.05) is 12.1 Å². The number of ether oxygens (including phenoxy) is 2. The van der Waals surface area contributed by atoms with Crippen molar-refractivity contribution in [3.05, 3.63) is 54.5 Å². The summed E-state index contributed by atoms with van der Waals surface area (Å²) in [5.74, 6) is 0.654. The van der Waals surface area contributed by atoms with Gasteiger partial charge in [0.05, 0.1) is 32.6 Å². The minimum absolute atomic E-state index is 0.0850. The van der Waals surface area contributed by atoms with Gasteiger partial charge in [0.2, 0.25) is 11.6 Å². The number of para-hydroxylation sites is 1. The molecule has 3 aromatic heterocycles. The van der Waals surface area contributed by atoms with Crippen LogP contribution in [-0.4, -0.2) is 61.1 Å². The number of rotatable bonds is 5. The molecule has 1 aliphatic heterocycles. The van der Waals surface area contributed by atoms with Crippen molar-refractivity contribution in [3.63, 3.8) is 0 Å². The molecule has 12 heteroatoms. The lowest BCUT2D eigenvalue weighted by Gasteiger charge is -2.34. The van der Waals surface area contributed by atoms with E-state index in [0.717, 1.165) is 9.95 Å². The summed E-state index contributed by atoms with van der Waals surface area (Å²) < 4.78 is 13.9. The number of aromatic nitrogens is 6. The molecule has 12 nitrogen and oxygen atoms in total. The van der Waals surface area contributed by atoms with Crippen molar-refractivity contribution in [2.24, 2.45) is 0 Å². The van der Waals surface area contributed by atoms with Crippen molar-refractivity contribution in [2.75, 3.05) is 19.5 Å². The van der Waals surface area contributed by atoms with Crippen molar-refractivity contribution in [1.29, 1.82) is 0 Å². The van der Waals surface area contributed by atoms with E-state index in [-0.39, 0.29) is 25.4 Å². The maximum Gasteiger partial charge on any atom is 0.599 e. The first-order chi connectivity index (χ1) is 16.9. The summed E-state index contributed by atoms with van der Waals surface area (Å²) in [5.41, 5.74) is 6.46. The molecule has 4 heterocycles. The van der Waals surface area contributed by atoms with Gasteiger partial charge in [0.15, 0.2) is 11.8 Å². The molecule has 1 aliphatic rings. The molecule has 0 spiro atoms. The monoisotopic (exact) mass is 478 g/mol. The van der Waals surface area contributed by atoms with Gasteiger partial charge in [0, 0.05) is 30.4 Å². The van der Waals surface area contributed by atoms with Crippen LogP contribution in [-0.2, 0) is 16.9 Å². The fraction of sp³-hybridized carbons (Fsp3) is 0.304. The highest BCUT2D eigenvalue weighted by molar-refractivity contribution is 5.95. The predicted molar refractivity (Wildman–Crippen MR) is 122 cm³/mol. The zero-order valence-corrected chi connectivity index (χ0v) is 18.9. The van der Waals surface area contributed by atoms with Gasteiger partial charge in [-0.25, -0.2) is 14.6 Å². The van der Waals surface area contributed by atoms with Gasteiger partial charge in [-0.1, -0.05) is 21.9 Å². The van der Waals surface area contributed by atoms with Crippen LogP contribution in [0.15, 0.2) is 48.8 Å². The Bertz CT molecular complexity index is 1410. The molecule has 2 atom stereocenters. The van der Waals surface area contributed by atoms with Gasteiger partial charge in [-0.05, 0) is 12.1 Å². The van der Waals surface area contributed by atoms with Crippen LogP contribution in [0.4, 0.5) is 10.7 Å². The lowest BCUT2D eigenvalue weighted by molar-refractivity contribution is -0.603. The number of nitrogens with zero attached hydrogens (tertiary/aromatic N) is 6. The SMILES string of the molecule is COc1cccc2c(-c3cn(CC4CC(O)(c5cccc[n+]5C(=O)O)CCO4)nn3)nc(N)nc12. The average Bonchev–Trinajstić information content (AvgIpc) is 3.31. The normalized spacial score (nSPS) is 20.1. The molecule has 1 saturated heterocycles. The van der Waals surface area contributed by atoms with E-state index in [4.69, 9.17) is 15.2 Å². The number of nitrogens with two attached hydrogens (primary N) is 1. The second-order valence-electron chi connectivity index (χ2n) is 8.33. The van der Waals surface area contributed by atoms with Gasteiger partial charge < -0.3 is 25.4 Å². The van der Waals surface area contributed by atoms with Crippen LogP contribution in [0, 0.1) is 0 Å². The molecule has 1 fully saturated rings. The number of pyridine rings is 1. The van der Waals surface area contributed by atoms with E-state index in [0.29, 0.717) is 34.9 Å². The summed E-state index contributed by atoms with van der Waals surface area (Å²) in [7, 11) is 1.56. The van der Waals surface area contributed by atoms with Crippen LogP contribution in [0.2, 0.25) is 0 Å². The summed E-state index contributed by atoms with van der Waals surface area (Å²) in [6.07, 6.45) is 2.02. The summed E-state index contributed by atoms with van der Waals surface area (Å²) in [5, 5.41) is 30.1. The Morgan fingerprint density at radius 3 is 2.97 bits per heavy atom. The van der Waals surface area contributed by atoms with Gasteiger partial charge in [-0.2, -0.15) is 4.79 Å². The first-order valence-corrected chi connectivity index (χ1v) is 11.0. The highest BCUT2D eigenvalue weighted by Crippen LogP contribution is 2.34. The number of anilines is 1.